The van der Waals surface area contributed by atoms with E-state index < -0.39 is 23.0 Å². The molecule has 2 rings (SSSR count). The number of nitro benzene ring substituents is 1. The van der Waals surface area contributed by atoms with Crippen molar-refractivity contribution >= 4 is 11.4 Å². The van der Waals surface area contributed by atoms with E-state index in [1.807, 2.05) is 0 Å². The largest absolute Gasteiger partial charge is 0.433 e. The van der Waals surface area contributed by atoms with Crippen molar-refractivity contribution in [1.29, 1.82) is 0 Å². The van der Waals surface area contributed by atoms with Crippen molar-refractivity contribution in [2.45, 2.75) is 13.2 Å². The average Bonchev–Trinajstić information content (AvgIpc) is 2.45. The molecule has 0 saturated carbocycles. The second-order valence-electron chi connectivity index (χ2n) is 4.11. The smallest absolute Gasteiger partial charge is 0.387 e. The number of anilines is 1. The fourth-order valence-corrected chi connectivity index (χ4v) is 1.72. The molecule has 0 aliphatic heterocycles. The van der Waals surface area contributed by atoms with E-state index in [-0.39, 0.29) is 18.0 Å². The summed E-state index contributed by atoms with van der Waals surface area (Å²) in [7, 11) is 0. The van der Waals surface area contributed by atoms with Crippen LogP contribution in [0, 0.1) is 15.9 Å². The Kier molecular flexibility index (Phi) is 4.77. The number of hydrogen-bond donors (Lipinski definition) is 1. The van der Waals surface area contributed by atoms with Crippen molar-refractivity contribution in [3.63, 3.8) is 0 Å². The Morgan fingerprint density at radius 3 is 2.68 bits per heavy atom. The number of rotatable bonds is 6. The third-order valence-corrected chi connectivity index (χ3v) is 2.65. The quantitative estimate of drug-likeness (QED) is 0.653. The molecule has 0 fully saturated rings. The van der Waals surface area contributed by atoms with E-state index in [4.69, 9.17) is 0 Å². The summed E-state index contributed by atoms with van der Waals surface area (Å²) in [6.07, 6.45) is 1.10. The van der Waals surface area contributed by atoms with Crippen molar-refractivity contribution in [3.8, 4) is 5.75 Å². The van der Waals surface area contributed by atoms with Gasteiger partial charge in [0.15, 0.2) is 0 Å². The standard InChI is InChI=1S/C13H10F3N3O3/c14-10-2-1-3-11(12(10)19(20)21)18-6-8-4-5-9(7-17-8)22-13(15)16/h1-5,7,13,18H,6H2. The van der Waals surface area contributed by atoms with Crippen LogP contribution in [0.4, 0.5) is 24.5 Å². The van der Waals surface area contributed by atoms with Gasteiger partial charge in [0.25, 0.3) is 0 Å². The Labute approximate surface area is 122 Å². The zero-order chi connectivity index (χ0) is 16.1. The molecule has 116 valence electrons. The third kappa shape index (κ3) is 3.84. The minimum Gasteiger partial charge on any atom is -0.433 e. The molecule has 9 heteroatoms. The van der Waals surface area contributed by atoms with Crippen molar-refractivity contribution in [2.75, 3.05) is 5.32 Å². The first kappa shape index (κ1) is 15.5. The molecular formula is C13H10F3N3O3. The van der Waals surface area contributed by atoms with Crippen LogP contribution in [0.5, 0.6) is 5.75 Å². The Bertz CT molecular complexity index is 665. The zero-order valence-electron chi connectivity index (χ0n) is 11.0. The van der Waals surface area contributed by atoms with Crippen LogP contribution in [0.2, 0.25) is 0 Å². The fourth-order valence-electron chi connectivity index (χ4n) is 1.72. The number of halogens is 3. The first-order valence-corrected chi connectivity index (χ1v) is 6.04. The van der Waals surface area contributed by atoms with E-state index >= 15 is 0 Å². The highest BCUT2D eigenvalue weighted by molar-refractivity contribution is 5.61. The lowest BCUT2D eigenvalue weighted by atomic mass is 10.2. The monoisotopic (exact) mass is 313 g/mol. The number of aromatic nitrogens is 1. The van der Waals surface area contributed by atoms with Crippen LogP contribution < -0.4 is 10.1 Å². The van der Waals surface area contributed by atoms with Crippen molar-refractivity contribution < 1.29 is 22.8 Å². The number of pyridine rings is 1. The average molecular weight is 313 g/mol. The molecule has 0 aliphatic rings. The van der Waals surface area contributed by atoms with Gasteiger partial charge in [0.2, 0.25) is 5.82 Å². The van der Waals surface area contributed by atoms with Gasteiger partial charge in [-0.05, 0) is 24.3 Å². The molecule has 22 heavy (non-hydrogen) atoms. The molecule has 0 aliphatic carbocycles. The SMILES string of the molecule is O=[N+]([O-])c1c(F)cccc1NCc1ccc(OC(F)F)cn1. The molecular weight excluding hydrogens is 303 g/mol. The minimum atomic E-state index is -2.94. The maximum absolute atomic E-state index is 13.4. The molecule has 1 aromatic carbocycles. The van der Waals surface area contributed by atoms with E-state index in [1.165, 1.54) is 24.3 Å². The van der Waals surface area contributed by atoms with Crippen LogP contribution in [0.1, 0.15) is 5.69 Å². The number of nitrogens with one attached hydrogen (secondary N) is 1. The number of nitrogens with zero attached hydrogens (tertiary/aromatic N) is 2. The van der Waals surface area contributed by atoms with E-state index in [1.54, 1.807) is 0 Å². The highest BCUT2D eigenvalue weighted by Gasteiger charge is 2.19. The summed E-state index contributed by atoms with van der Waals surface area (Å²) in [5.41, 5.74) is -0.250. The van der Waals surface area contributed by atoms with Gasteiger partial charge in [0.05, 0.1) is 23.4 Å². The molecule has 0 unspecified atom stereocenters. The van der Waals surface area contributed by atoms with Crippen LogP contribution in [-0.4, -0.2) is 16.5 Å². The molecule has 6 nitrogen and oxygen atoms in total. The number of alkyl halides is 2. The van der Waals surface area contributed by atoms with Gasteiger partial charge in [0.1, 0.15) is 11.4 Å². The second kappa shape index (κ2) is 6.74. The summed E-state index contributed by atoms with van der Waals surface area (Å²) in [5, 5.41) is 13.5. The lowest BCUT2D eigenvalue weighted by Gasteiger charge is -2.08. The molecule has 0 amide bonds. The zero-order valence-corrected chi connectivity index (χ0v) is 11.0. The van der Waals surface area contributed by atoms with Crippen LogP contribution in [-0.2, 0) is 6.54 Å². The molecule has 1 aromatic heterocycles. The first-order chi connectivity index (χ1) is 10.5. The molecule has 0 saturated heterocycles. The van der Waals surface area contributed by atoms with Crippen molar-refractivity contribution in [1.82, 2.24) is 4.98 Å². The number of nitro groups is 1. The predicted molar refractivity (Wildman–Crippen MR) is 71.3 cm³/mol. The number of benzene rings is 1. The number of para-hydroxylation sites is 1. The summed E-state index contributed by atoms with van der Waals surface area (Å²) >= 11 is 0. The number of hydrogen-bond acceptors (Lipinski definition) is 5. The maximum atomic E-state index is 13.4. The Hall–Kier alpha value is -2.84. The highest BCUT2D eigenvalue weighted by Crippen LogP contribution is 2.27. The van der Waals surface area contributed by atoms with Gasteiger partial charge in [-0.25, -0.2) is 0 Å². The maximum Gasteiger partial charge on any atom is 0.387 e. The Morgan fingerprint density at radius 1 is 1.32 bits per heavy atom. The molecule has 0 spiro atoms. The molecule has 2 aromatic rings. The third-order valence-electron chi connectivity index (χ3n) is 2.65. The highest BCUT2D eigenvalue weighted by atomic mass is 19.3. The molecule has 1 heterocycles. The van der Waals surface area contributed by atoms with Gasteiger partial charge in [0, 0.05) is 0 Å². The van der Waals surface area contributed by atoms with Crippen LogP contribution >= 0.6 is 0 Å². The normalized spacial score (nSPS) is 10.5. The topological polar surface area (TPSA) is 77.3 Å². The lowest BCUT2D eigenvalue weighted by molar-refractivity contribution is -0.386. The minimum absolute atomic E-state index is 0.000271. The summed E-state index contributed by atoms with van der Waals surface area (Å²) in [6.45, 7) is -2.89. The summed E-state index contributed by atoms with van der Waals surface area (Å²) in [4.78, 5) is 13.9. The lowest BCUT2D eigenvalue weighted by Crippen LogP contribution is -2.06. The van der Waals surface area contributed by atoms with Crippen LogP contribution in [0.15, 0.2) is 36.5 Å². The predicted octanol–water partition coefficient (Wildman–Crippen LogP) is 3.34. The Balaban J connectivity index is 2.07. The first-order valence-electron chi connectivity index (χ1n) is 6.04. The van der Waals surface area contributed by atoms with E-state index in [0.717, 1.165) is 12.3 Å². The summed E-state index contributed by atoms with van der Waals surface area (Å²) < 4.78 is 41.5. The van der Waals surface area contributed by atoms with E-state index in [0.29, 0.717) is 5.69 Å². The fraction of sp³-hybridized carbons (Fsp3) is 0.154. The second-order valence-corrected chi connectivity index (χ2v) is 4.11. The van der Waals surface area contributed by atoms with Gasteiger partial charge in [-0.15, -0.1) is 0 Å². The van der Waals surface area contributed by atoms with Crippen molar-refractivity contribution in [2.24, 2.45) is 0 Å². The van der Waals surface area contributed by atoms with Gasteiger partial charge in [-0.1, -0.05) is 6.07 Å². The van der Waals surface area contributed by atoms with Crippen LogP contribution in [0.3, 0.4) is 0 Å². The van der Waals surface area contributed by atoms with Gasteiger partial charge >= 0.3 is 12.3 Å². The molecule has 0 bridgehead atoms. The van der Waals surface area contributed by atoms with E-state index in [9.17, 15) is 23.3 Å². The van der Waals surface area contributed by atoms with Gasteiger partial charge in [-0.3, -0.25) is 15.1 Å². The molecule has 1 N–H and O–H groups in total. The molecule has 0 radical (unpaired) electrons. The summed E-state index contributed by atoms with van der Waals surface area (Å²) in [5.74, 6) is -1.06. The number of ether oxygens (including phenoxy) is 1. The van der Waals surface area contributed by atoms with Crippen molar-refractivity contribution in [3.05, 3.63) is 58.2 Å². The summed E-state index contributed by atoms with van der Waals surface area (Å²) in [6, 6.07) is 6.37. The van der Waals surface area contributed by atoms with Gasteiger partial charge in [-0.2, -0.15) is 13.2 Å². The van der Waals surface area contributed by atoms with Gasteiger partial charge < -0.3 is 10.1 Å². The Morgan fingerprint density at radius 2 is 2.09 bits per heavy atom. The van der Waals surface area contributed by atoms with Crippen LogP contribution in [0.25, 0.3) is 0 Å². The van der Waals surface area contributed by atoms with E-state index in [2.05, 4.69) is 15.0 Å². The molecule has 0 atom stereocenters.